The molecule has 1 aromatic carbocycles. The zero-order valence-corrected chi connectivity index (χ0v) is 10.6. The summed E-state index contributed by atoms with van der Waals surface area (Å²) in [6.07, 6.45) is 3.61. The topological polar surface area (TPSA) is 35.9 Å². The molecule has 18 heavy (non-hydrogen) atoms. The SMILES string of the molecule is CN1C(=O)C(=NN2CCCCC2)c2ccccc21. The molecule has 4 heteroatoms. The van der Waals surface area contributed by atoms with Crippen LogP contribution in [-0.2, 0) is 4.79 Å². The molecule has 0 saturated carbocycles. The first-order valence-corrected chi connectivity index (χ1v) is 6.48. The van der Waals surface area contributed by atoms with Gasteiger partial charge in [0.15, 0.2) is 5.71 Å². The molecule has 0 N–H and O–H groups in total. The van der Waals surface area contributed by atoms with Gasteiger partial charge in [0, 0.05) is 25.7 Å². The van der Waals surface area contributed by atoms with Gasteiger partial charge in [0.2, 0.25) is 0 Å². The van der Waals surface area contributed by atoms with Crippen LogP contribution in [-0.4, -0.2) is 36.8 Å². The number of benzene rings is 1. The zero-order chi connectivity index (χ0) is 12.5. The van der Waals surface area contributed by atoms with Crippen molar-refractivity contribution in [2.24, 2.45) is 5.10 Å². The van der Waals surface area contributed by atoms with Crippen LogP contribution in [0.15, 0.2) is 29.4 Å². The normalized spacial score (nSPS) is 21.6. The van der Waals surface area contributed by atoms with Gasteiger partial charge < -0.3 is 4.90 Å². The first-order chi connectivity index (χ1) is 8.77. The van der Waals surface area contributed by atoms with E-state index < -0.39 is 0 Å². The van der Waals surface area contributed by atoms with Crippen molar-refractivity contribution >= 4 is 17.3 Å². The highest BCUT2D eigenvalue weighted by molar-refractivity contribution is 6.54. The Hall–Kier alpha value is -1.84. The van der Waals surface area contributed by atoms with Crippen LogP contribution in [0.5, 0.6) is 0 Å². The first kappa shape index (κ1) is 11.3. The summed E-state index contributed by atoms with van der Waals surface area (Å²) in [5.41, 5.74) is 2.50. The second kappa shape index (κ2) is 4.44. The maximum atomic E-state index is 12.2. The van der Waals surface area contributed by atoms with Gasteiger partial charge in [0.25, 0.3) is 5.91 Å². The molecule has 0 bridgehead atoms. The van der Waals surface area contributed by atoms with Gasteiger partial charge in [-0.2, -0.15) is 5.10 Å². The number of fused-ring (bicyclic) bond motifs is 1. The summed E-state index contributed by atoms with van der Waals surface area (Å²) in [7, 11) is 1.81. The molecule has 3 rings (SSSR count). The van der Waals surface area contributed by atoms with Crippen molar-refractivity contribution in [2.75, 3.05) is 25.0 Å². The number of hydrogen-bond acceptors (Lipinski definition) is 3. The summed E-state index contributed by atoms with van der Waals surface area (Å²) in [4.78, 5) is 13.9. The Labute approximate surface area is 107 Å². The quantitative estimate of drug-likeness (QED) is 0.754. The Bertz CT molecular complexity index is 504. The van der Waals surface area contributed by atoms with Crippen molar-refractivity contribution < 1.29 is 4.79 Å². The molecule has 2 aliphatic heterocycles. The minimum absolute atomic E-state index is 0.00164. The molecule has 1 fully saturated rings. The second-order valence-corrected chi connectivity index (χ2v) is 4.84. The Morgan fingerprint density at radius 2 is 1.83 bits per heavy atom. The number of amides is 1. The average molecular weight is 243 g/mol. The molecule has 0 radical (unpaired) electrons. The van der Waals surface area contributed by atoms with Crippen LogP contribution in [0.1, 0.15) is 24.8 Å². The number of carbonyl (C=O) groups excluding carboxylic acids is 1. The molecule has 0 spiro atoms. The predicted octanol–water partition coefficient (Wildman–Crippen LogP) is 1.85. The molecule has 4 nitrogen and oxygen atoms in total. The highest BCUT2D eigenvalue weighted by Gasteiger charge is 2.31. The van der Waals surface area contributed by atoms with Crippen LogP contribution in [0.25, 0.3) is 0 Å². The van der Waals surface area contributed by atoms with E-state index in [1.54, 1.807) is 11.9 Å². The lowest BCUT2D eigenvalue weighted by molar-refractivity contribution is -0.112. The number of hydrogen-bond donors (Lipinski definition) is 0. The van der Waals surface area contributed by atoms with E-state index in [0.29, 0.717) is 5.71 Å². The van der Waals surface area contributed by atoms with Crippen LogP contribution in [0.2, 0.25) is 0 Å². The summed E-state index contributed by atoms with van der Waals surface area (Å²) in [6.45, 7) is 1.92. The van der Waals surface area contributed by atoms with Gasteiger partial charge in [0.05, 0.1) is 5.69 Å². The molecule has 0 aliphatic carbocycles. The number of carbonyl (C=O) groups is 1. The average Bonchev–Trinajstić information content (AvgIpc) is 2.66. The molecule has 2 aliphatic rings. The van der Waals surface area contributed by atoms with E-state index >= 15 is 0 Å². The van der Waals surface area contributed by atoms with E-state index in [1.165, 1.54) is 19.3 Å². The van der Waals surface area contributed by atoms with Gasteiger partial charge in [-0.1, -0.05) is 18.2 Å². The number of likely N-dealkylation sites (N-methyl/N-ethyl adjacent to an activating group) is 1. The van der Waals surface area contributed by atoms with E-state index in [9.17, 15) is 4.79 Å². The van der Waals surface area contributed by atoms with Crippen LogP contribution < -0.4 is 4.90 Å². The summed E-state index contributed by atoms with van der Waals surface area (Å²) in [6, 6.07) is 7.84. The van der Waals surface area contributed by atoms with Crippen molar-refractivity contribution in [1.29, 1.82) is 0 Å². The summed E-state index contributed by atoms with van der Waals surface area (Å²) in [5, 5.41) is 6.60. The van der Waals surface area contributed by atoms with Crippen molar-refractivity contribution in [3.05, 3.63) is 29.8 Å². The summed E-state index contributed by atoms with van der Waals surface area (Å²) < 4.78 is 0. The number of rotatable bonds is 1. The van der Waals surface area contributed by atoms with E-state index in [-0.39, 0.29) is 5.91 Å². The third-order valence-corrected chi connectivity index (χ3v) is 3.60. The van der Waals surface area contributed by atoms with Gasteiger partial charge in [-0.3, -0.25) is 9.80 Å². The number of piperidine rings is 1. The van der Waals surface area contributed by atoms with Crippen LogP contribution in [0.3, 0.4) is 0 Å². The number of para-hydroxylation sites is 1. The van der Waals surface area contributed by atoms with E-state index in [0.717, 1.165) is 24.3 Å². The number of hydrazone groups is 1. The van der Waals surface area contributed by atoms with Crippen LogP contribution in [0, 0.1) is 0 Å². The molecule has 0 aromatic heterocycles. The third kappa shape index (κ3) is 1.78. The zero-order valence-electron chi connectivity index (χ0n) is 10.6. The minimum Gasteiger partial charge on any atom is -0.309 e. The Morgan fingerprint density at radius 3 is 2.61 bits per heavy atom. The Kier molecular flexibility index (Phi) is 2.78. The van der Waals surface area contributed by atoms with Crippen LogP contribution in [0.4, 0.5) is 5.69 Å². The fourth-order valence-corrected chi connectivity index (χ4v) is 2.57. The van der Waals surface area contributed by atoms with Gasteiger partial charge in [-0.05, 0) is 25.3 Å². The Morgan fingerprint density at radius 1 is 1.11 bits per heavy atom. The van der Waals surface area contributed by atoms with Crippen molar-refractivity contribution in [2.45, 2.75) is 19.3 Å². The van der Waals surface area contributed by atoms with Crippen molar-refractivity contribution in [1.82, 2.24) is 5.01 Å². The van der Waals surface area contributed by atoms with Gasteiger partial charge in [-0.15, -0.1) is 0 Å². The molecule has 1 aromatic rings. The maximum Gasteiger partial charge on any atom is 0.279 e. The lowest BCUT2D eigenvalue weighted by Crippen LogP contribution is -2.30. The second-order valence-electron chi connectivity index (χ2n) is 4.84. The molecule has 0 unspecified atom stereocenters. The summed E-state index contributed by atoms with van der Waals surface area (Å²) >= 11 is 0. The molecule has 2 heterocycles. The first-order valence-electron chi connectivity index (χ1n) is 6.48. The lowest BCUT2D eigenvalue weighted by atomic mass is 10.1. The number of nitrogens with zero attached hydrogens (tertiary/aromatic N) is 3. The summed E-state index contributed by atoms with van der Waals surface area (Å²) in [5.74, 6) is 0.00164. The highest BCUT2D eigenvalue weighted by atomic mass is 16.2. The third-order valence-electron chi connectivity index (χ3n) is 3.60. The van der Waals surface area contributed by atoms with Crippen LogP contribution >= 0.6 is 0 Å². The van der Waals surface area contributed by atoms with Gasteiger partial charge in [0.1, 0.15) is 0 Å². The standard InChI is InChI=1S/C14H17N3O/c1-16-12-8-4-3-7-11(12)13(14(16)18)15-17-9-5-2-6-10-17/h3-4,7-8H,2,5-6,9-10H2,1H3. The fourth-order valence-electron chi connectivity index (χ4n) is 2.57. The molecule has 0 atom stereocenters. The van der Waals surface area contributed by atoms with E-state index in [1.807, 2.05) is 29.3 Å². The largest absolute Gasteiger partial charge is 0.309 e. The monoisotopic (exact) mass is 243 g/mol. The molecular formula is C14H17N3O. The van der Waals surface area contributed by atoms with Gasteiger partial charge >= 0.3 is 0 Å². The van der Waals surface area contributed by atoms with E-state index in [2.05, 4.69) is 5.10 Å². The highest BCUT2D eigenvalue weighted by Crippen LogP contribution is 2.28. The molecular weight excluding hydrogens is 226 g/mol. The minimum atomic E-state index is 0.00164. The van der Waals surface area contributed by atoms with Crippen molar-refractivity contribution in [3.63, 3.8) is 0 Å². The molecule has 94 valence electrons. The Balaban J connectivity index is 1.96. The van der Waals surface area contributed by atoms with Crippen molar-refractivity contribution in [3.8, 4) is 0 Å². The smallest absolute Gasteiger partial charge is 0.279 e. The molecule has 1 amide bonds. The van der Waals surface area contributed by atoms with E-state index in [4.69, 9.17) is 0 Å². The lowest BCUT2D eigenvalue weighted by Gasteiger charge is -2.23. The predicted molar refractivity (Wildman–Crippen MR) is 71.8 cm³/mol. The van der Waals surface area contributed by atoms with Gasteiger partial charge in [-0.25, -0.2) is 0 Å². The number of anilines is 1. The fraction of sp³-hybridized carbons (Fsp3) is 0.429. The maximum absolute atomic E-state index is 12.2. The molecule has 1 saturated heterocycles.